The Labute approximate surface area is 185 Å². The number of nitriles is 1. The van der Waals surface area contributed by atoms with Crippen molar-refractivity contribution >= 4 is 11.5 Å². The maximum Gasteiger partial charge on any atom is 0.176 e. The van der Waals surface area contributed by atoms with Gasteiger partial charge in [0.1, 0.15) is 17.5 Å². The van der Waals surface area contributed by atoms with Gasteiger partial charge in [-0.05, 0) is 32.5 Å². The van der Waals surface area contributed by atoms with Gasteiger partial charge in [-0.1, -0.05) is 58.0 Å². The largest absolute Gasteiger partial charge is 0.355 e. The summed E-state index contributed by atoms with van der Waals surface area (Å²) in [6.07, 6.45) is 1.93. The first kappa shape index (κ1) is 21.3. The molecule has 4 rings (SSSR count). The lowest BCUT2D eigenvalue weighted by Gasteiger charge is -2.26. The number of hydrogen-bond acceptors (Lipinski definition) is 5. The zero-order valence-electron chi connectivity index (χ0n) is 19.5. The van der Waals surface area contributed by atoms with Crippen LogP contribution in [0.3, 0.4) is 0 Å². The van der Waals surface area contributed by atoms with Crippen molar-refractivity contribution in [3.63, 3.8) is 0 Å². The first-order chi connectivity index (χ1) is 14.8. The second-order valence-electron chi connectivity index (χ2n) is 9.66. The van der Waals surface area contributed by atoms with Crippen LogP contribution >= 0.6 is 0 Å². The van der Waals surface area contributed by atoms with E-state index in [1.54, 1.807) is 0 Å². The van der Waals surface area contributed by atoms with E-state index < -0.39 is 0 Å². The molecule has 1 aliphatic rings. The van der Waals surface area contributed by atoms with Gasteiger partial charge in [0.05, 0.1) is 0 Å². The minimum Gasteiger partial charge on any atom is -0.355 e. The van der Waals surface area contributed by atoms with Crippen molar-refractivity contribution in [1.29, 1.82) is 5.26 Å². The van der Waals surface area contributed by atoms with Gasteiger partial charge in [-0.2, -0.15) is 9.78 Å². The second kappa shape index (κ2) is 7.97. The smallest absolute Gasteiger partial charge is 0.176 e. The van der Waals surface area contributed by atoms with Crippen LogP contribution in [0.4, 0.5) is 5.82 Å². The lowest BCUT2D eigenvalue weighted by atomic mass is 9.94. The average Bonchev–Trinajstić information content (AvgIpc) is 3.40. The van der Waals surface area contributed by atoms with Crippen molar-refractivity contribution < 1.29 is 0 Å². The van der Waals surface area contributed by atoms with Gasteiger partial charge < -0.3 is 9.80 Å². The van der Waals surface area contributed by atoms with Gasteiger partial charge in [0.25, 0.3) is 0 Å². The fourth-order valence-corrected chi connectivity index (χ4v) is 4.49. The molecule has 3 heterocycles. The molecule has 0 radical (unpaired) electrons. The summed E-state index contributed by atoms with van der Waals surface area (Å²) in [5, 5.41) is 15.2. The number of benzene rings is 1. The van der Waals surface area contributed by atoms with Gasteiger partial charge in [-0.15, -0.1) is 5.10 Å². The maximum absolute atomic E-state index is 10.2. The third kappa shape index (κ3) is 3.68. The van der Waals surface area contributed by atoms with E-state index >= 15 is 0 Å². The van der Waals surface area contributed by atoms with Crippen molar-refractivity contribution in [2.24, 2.45) is 0 Å². The Bertz CT molecular complexity index is 1130. The molecule has 0 spiro atoms. The predicted octanol–water partition coefficient (Wildman–Crippen LogP) is 4.27. The lowest BCUT2D eigenvalue weighted by Crippen LogP contribution is -2.32. The van der Waals surface area contributed by atoms with E-state index in [2.05, 4.69) is 69.8 Å². The Hall–Kier alpha value is -2.91. The van der Waals surface area contributed by atoms with Crippen molar-refractivity contribution in [2.45, 2.75) is 52.0 Å². The number of rotatable bonds is 4. The summed E-state index contributed by atoms with van der Waals surface area (Å²) in [5.41, 5.74) is 4.29. The first-order valence-corrected chi connectivity index (χ1v) is 11.1. The Balaban J connectivity index is 2.07. The zero-order valence-corrected chi connectivity index (χ0v) is 19.5. The minimum absolute atomic E-state index is 0.202. The van der Waals surface area contributed by atoms with E-state index in [0.717, 1.165) is 48.7 Å². The molecule has 0 amide bonds. The molecule has 31 heavy (non-hydrogen) atoms. The van der Waals surface area contributed by atoms with Crippen molar-refractivity contribution in [1.82, 2.24) is 19.5 Å². The number of likely N-dealkylation sites (N-methyl/N-ethyl adjacent to an activating group) is 1. The Kier molecular flexibility index (Phi) is 5.49. The monoisotopic (exact) mass is 416 g/mol. The molecular formula is C25H32N6. The second-order valence-corrected chi connectivity index (χ2v) is 9.66. The molecule has 0 unspecified atom stereocenters. The van der Waals surface area contributed by atoms with E-state index in [4.69, 9.17) is 10.1 Å². The van der Waals surface area contributed by atoms with E-state index in [1.807, 2.05) is 22.7 Å². The van der Waals surface area contributed by atoms with Crippen LogP contribution in [0.1, 0.15) is 51.1 Å². The van der Waals surface area contributed by atoms with Crippen LogP contribution < -0.4 is 4.90 Å². The summed E-state index contributed by atoms with van der Waals surface area (Å²) < 4.78 is 1.95. The molecule has 162 valence electrons. The molecule has 2 aromatic heterocycles. The lowest BCUT2D eigenvalue weighted by molar-refractivity contribution is 0.315. The molecule has 1 fully saturated rings. The highest BCUT2D eigenvalue weighted by molar-refractivity contribution is 5.84. The number of fused-ring (bicyclic) bond motifs is 1. The van der Waals surface area contributed by atoms with Crippen molar-refractivity contribution in [3.8, 4) is 17.2 Å². The van der Waals surface area contributed by atoms with Crippen LogP contribution in [0.2, 0.25) is 0 Å². The summed E-state index contributed by atoms with van der Waals surface area (Å²) >= 11 is 0. The Morgan fingerprint density at radius 3 is 2.45 bits per heavy atom. The number of aromatic nitrogens is 3. The van der Waals surface area contributed by atoms with Crippen LogP contribution in [-0.4, -0.2) is 52.7 Å². The van der Waals surface area contributed by atoms with Crippen molar-refractivity contribution in [2.75, 3.05) is 32.1 Å². The minimum atomic E-state index is -0.202. The normalized spacial score (nSPS) is 17.0. The highest BCUT2D eigenvalue weighted by Crippen LogP contribution is 2.39. The number of pyridine rings is 1. The third-order valence-corrected chi connectivity index (χ3v) is 6.24. The molecule has 1 aliphatic heterocycles. The molecule has 6 heteroatoms. The predicted molar refractivity (Wildman–Crippen MR) is 126 cm³/mol. The zero-order chi connectivity index (χ0) is 22.3. The highest BCUT2D eigenvalue weighted by Gasteiger charge is 2.32. The van der Waals surface area contributed by atoms with E-state index in [0.29, 0.717) is 17.3 Å². The first-order valence-electron chi connectivity index (χ1n) is 11.1. The van der Waals surface area contributed by atoms with Crippen LogP contribution in [0, 0.1) is 11.3 Å². The summed E-state index contributed by atoms with van der Waals surface area (Å²) in [4.78, 5) is 9.63. The standard InChI is InChI=1S/C25H32N6/c1-7-19-21(17-11-9-8-10-12-17)20(15-26)22-27-24(25(2,3)4)28-31(22)23(19)30-14-13-18(16-30)29(5)6/h8-12,18H,7,13-14,16H2,1-6H3/t18-/m0/s1. The number of anilines is 1. The van der Waals surface area contributed by atoms with Gasteiger partial charge in [0.2, 0.25) is 0 Å². The van der Waals surface area contributed by atoms with E-state index in [1.165, 1.54) is 5.56 Å². The highest BCUT2D eigenvalue weighted by atomic mass is 15.4. The molecule has 0 bridgehead atoms. The fourth-order valence-electron chi connectivity index (χ4n) is 4.49. The summed E-state index contributed by atoms with van der Waals surface area (Å²) in [5.74, 6) is 1.85. The van der Waals surface area contributed by atoms with Crippen LogP contribution in [0.15, 0.2) is 30.3 Å². The van der Waals surface area contributed by atoms with Crippen LogP contribution in [0.5, 0.6) is 0 Å². The van der Waals surface area contributed by atoms with Gasteiger partial charge in [0, 0.05) is 35.7 Å². The topological polar surface area (TPSA) is 60.5 Å². The van der Waals surface area contributed by atoms with Gasteiger partial charge in [-0.3, -0.25) is 0 Å². The quantitative estimate of drug-likeness (QED) is 0.636. The van der Waals surface area contributed by atoms with Crippen molar-refractivity contribution in [3.05, 3.63) is 47.3 Å². The van der Waals surface area contributed by atoms with Gasteiger partial charge in [0.15, 0.2) is 11.5 Å². The SMILES string of the molecule is CCc1c(-c2ccccc2)c(C#N)c2nc(C(C)(C)C)nn2c1N1CC[C@H](N(C)C)C1. The Morgan fingerprint density at radius 2 is 1.90 bits per heavy atom. The van der Waals surface area contributed by atoms with Gasteiger partial charge in [-0.25, -0.2) is 4.98 Å². The summed E-state index contributed by atoms with van der Waals surface area (Å²) in [7, 11) is 4.29. The molecule has 1 atom stereocenters. The van der Waals surface area contributed by atoms with Crippen LogP contribution in [-0.2, 0) is 11.8 Å². The molecule has 6 nitrogen and oxygen atoms in total. The molecular weight excluding hydrogens is 384 g/mol. The maximum atomic E-state index is 10.2. The van der Waals surface area contributed by atoms with Gasteiger partial charge >= 0.3 is 0 Å². The molecule has 1 saturated heterocycles. The molecule has 1 aromatic carbocycles. The number of hydrogen-bond donors (Lipinski definition) is 0. The molecule has 3 aromatic rings. The van der Waals surface area contributed by atoms with Crippen LogP contribution in [0.25, 0.3) is 16.8 Å². The van der Waals surface area contributed by atoms with E-state index in [-0.39, 0.29) is 5.41 Å². The third-order valence-electron chi connectivity index (χ3n) is 6.24. The summed E-state index contributed by atoms with van der Waals surface area (Å²) in [6.45, 7) is 10.4. The summed E-state index contributed by atoms with van der Waals surface area (Å²) in [6, 6.07) is 13.2. The fraction of sp³-hybridized carbons (Fsp3) is 0.480. The molecule has 0 saturated carbocycles. The number of nitrogens with zero attached hydrogens (tertiary/aromatic N) is 6. The Morgan fingerprint density at radius 1 is 1.19 bits per heavy atom. The van der Waals surface area contributed by atoms with E-state index in [9.17, 15) is 5.26 Å². The molecule has 0 N–H and O–H groups in total. The molecule has 0 aliphatic carbocycles. The average molecular weight is 417 g/mol.